The minimum Gasteiger partial charge on any atom is -0.365 e. The molecule has 1 aromatic carbocycles. The van der Waals surface area contributed by atoms with E-state index in [2.05, 4.69) is 25.6 Å². The Morgan fingerprint density at radius 3 is 2.45 bits per heavy atom. The molecular formula is C21H19ClN6O. The number of aromatic nitrogens is 4. The van der Waals surface area contributed by atoms with Gasteiger partial charge in [-0.1, -0.05) is 0 Å². The summed E-state index contributed by atoms with van der Waals surface area (Å²) < 4.78 is 1.90. The maximum absolute atomic E-state index is 12.7. The molecule has 0 saturated heterocycles. The van der Waals surface area contributed by atoms with Crippen LogP contribution in [-0.4, -0.2) is 25.4 Å². The Morgan fingerprint density at radius 2 is 1.72 bits per heavy atom. The average Bonchev–Trinajstić information content (AvgIpc) is 3.29. The SMILES string of the molecule is Cl.O=C(Nc1ccc(-n2ccnc2)cc1)c1cccnc1NCc1ccncc1. The number of nitrogens with one attached hydrogen (secondary N) is 2. The topological polar surface area (TPSA) is 84.7 Å². The molecule has 4 rings (SSSR count). The molecular weight excluding hydrogens is 388 g/mol. The van der Waals surface area contributed by atoms with Crippen LogP contribution in [0.4, 0.5) is 11.5 Å². The zero-order chi connectivity index (χ0) is 19.2. The average molecular weight is 407 g/mol. The first kappa shape index (κ1) is 20.0. The highest BCUT2D eigenvalue weighted by Gasteiger charge is 2.12. The van der Waals surface area contributed by atoms with Crippen molar-refractivity contribution in [1.29, 1.82) is 0 Å². The van der Waals surface area contributed by atoms with E-state index >= 15 is 0 Å². The molecule has 7 nitrogen and oxygen atoms in total. The predicted molar refractivity (Wildman–Crippen MR) is 115 cm³/mol. The van der Waals surface area contributed by atoms with Crippen LogP contribution in [0.2, 0.25) is 0 Å². The fourth-order valence-electron chi connectivity index (χ4n) is 2.74. The molecule has 0 aliphatic heterocycles. The van der Waals surface area contributed by atoms with Crippen LogP contribution in [0.15, 0.2) is 85.8 Å². The maximum Gasteiger partial charge on any atom is 0.259 e. The lowest BCUT2D eigenvalue weighted by atomic mass is 10.2. The molecule has 29 heavy (non-hydrogen) atoms. The van der Waals surface area contributed by atoms with Crippen LogP contribution in [0.5, 0.6) is 0 Å². The Hall–Kier alpha value is -3.71. The van der Waals surface area contributed by atoms with Gasteiger partial charge in [0, 0.05) is 48.9 Å². The summed E-state index contributed by atoms with van der Waals surface area (Å²) in [6.07, 6.45) is 10.4. The molecule has 0 radical (unpaired) electrons. The molecule has 0 aliphatic carbocycles. The summed E-state index contributed by atoms with van der Waals surface area (Å²) in [5.74, 6) is 0.313. The zero-order valence-electron chi connectivity index (χ0n) is 15.4. The van der Waals surface area contributed by atoms with Crippen molar-refractivity contribution in [1.82, 2.24) is 19.5 Å². The van der Waals surface area contributed by atoms with E-state index in [0.29, 0.717) is 23.6 Å². The van der Waals surface area contributed by atoms with Gasteiger partial charge in [0.05, 0.1) is 11.9 Å². The summed E-state index contributed by atoms with van der Waals surface area (Å²) in [6, 6.07) is 14.9. The number of hydrogen-bond acceptors (Lipinski definition) is 5. The monoisotopic (exact) mass is 406 g/mol. The molecule has 0 bridgehead atoms. The number of carbonyl (C=O) groups excluding carboxylic acids is 1. The Kier molecular flexibility index (Phi) is 6.55. The minimum atomic E-state index is -0.222. The molecule has 4 aromatic rings. The van der Waals surface area contributed by atoms with Gasteiger partial charge in [-0.05, 0) is 54.1 Å². The van der Waals surface area contributed by atoms with E-state index in [1.54, 1.807) is 43.2 Å². The minimum absolute atomic E-state index is 0. The van der Waals surface area contributed by atoms with Gasteiger partial charge in [0.15, 0.2) is 0 Å². The lowest BCUT2D eigenvalue weighted by Crippen LogP contribution is -2.15. The maximum atomic E-state index is 12.7. The Bertz CT molecular complexity index is 1050. The van der Waals surface area contributed by atoms with Gasteiger partial charge in [0.1, 0.15) is 5.82 Å². The molecule has 146 valence electrons. The number of carbonyl (C=O) groups is 1. The van der Waals surface area contributed by atoms with Crippen LogP contribution in [0.25, 0.3) is 5.69 Å². The third-order valence-electron chi connectivity index (χ3n) is 4.19. The zero-order valence-corrected chi connectivity index (χ0v) is 16.2. The third kappa shape index (κ3) is 4.97. The number of imidazole rings is 1. The number of halogens is 1. The van der Waals surface area contributed by atoms with E-state index < -0.39 is 0 Å². The van der Waals surface area contributed by atoms with E-state index in [1.807, 2.05) is 47.2 Å². The molecule has 0 atom stereocenters. The quantitative estimate of drug-likeness (QED) is 0.506. The first-order chi connectivity index (χ1) is 13.8. The molecule has 3 heterocycles. The molecule has 3 aromatic heterocycles. The third-order valence-corrected chi connectivity index (χ3v) is 4.19. The summed E-state index contributed by atoms with van der Waals surface area (Å²) in [5.41, 5.74) is 3.21. The number of anilines is 2. The summed E-state index contributed by atoms with van der Waals surface area (Å²) in [5, 5.41) is 6.13. The molecule has 8 heteroatoms. The largest absolute Gasteiger partial charge is 0.365 e. The molecule has 0 aliphatic rings. The van der Waals surface area contributed by atoms with Crippen molar-refractivity contribution in [3.05, 3.63) is 97.0 Å². The van der Waals surface area contributed by atoms with Crippen molar-refractivity contribution in [2.24, 2.45) is 0 Å². The van der Waals surface area contributed by atoms with Gasteiger partial charge >= 0.3 is 0 Å². The Labute approximate surface area is 174 Å². The van der Waals surface area contributed by atoms with Crippen LogP contribution in [0.3, 0.4) is 0 Å². The number of pyridine rings is 2. The molecule has 1 amide bonds. The summed E-state index contributed by atoms with van der Waals surface area (Å²) >= 11 is 0. The Morgan fingerprint density at radius 1 is 0.931 bits per heavy atom. The fraction of sp³-hybridized carbons (Fsp3) is 0.0476. The first-order valence-electron chi connectivity index (χ1n) is 8.77. The number of nitrogens with zero attached hydrogens (tertiary/aromatic N) is 4. The molecule has 0 saturated carbocycles. The van der Waals surface area contributed by atoms with E-state index in [4.69, 9.17) is 0 Å². The highest BCUT2D eigenvalue weighted by atomic mass is 35.5. The molecule has 0 fully saturated rings. The molecule has 0 spiro atoms. The van der Waals surface area contributed by atoms with Gasteiger partial charge in [0.25, 0.3) is 5.91 Å². The lowest BCUT2D eigenvalue weighted by molar-refractivity contribution is 0.102. The van der Waals surface area contributed by atoms with Crippen molar-refractivity contribution < 1.29 is 4.79 Å². The Balaban J connectivity index is 0.00000240. The smallest absolute Gasteiger partial charge is 0.259 e. The highest BCUT2D eigenvalue weighted by Crippen LogP contribution is 2.17. The normalized spacial score (nSPS) is 10.1. The lowest BCUT2D eigenvalue weighted by Gasteiger charge is -2.12. The van der Waals surface area contributed by atoms with Crippen LogP contribution >= 0.6 is 12.4 Å². The van der Waals surface area contributed by atoms with Gasteiger partial charge in [0.2, 0.25) is 0 Å². The van der Waals surface area contributed by atoms with Crippen LogP contribution in [-0.2, 0) is 6.54 Å². The van der Waals surface area contributed by atoms with Crippen LogP contribution in [0.1, 0.15) is 15.9 Å². The molecule has 0 unspecified atom stereocenters. The summed E-state index contributed by atoms with van der Waals surface area (Å²) in [4.78, 5) is 25.1. The number of benzene rings is 1. The van der Waals surface area contributed by atoms with Crippen molar-refractivity contribution >= 4 is 29.8 Å². The van der Waals surface area contributed by atoms with E-state index in [0.717, 1.165) is 11.3 Å². The van der Waals surface area contributed by atoms with Crippen molar-refractivity contribution in [2.75, 3.05) is 10.6 Å². The first-order valence-corrected chi connectivity index (χ1v) is 8.77. The predicted octanol–water partition coefficient (Wildman–Crippen LogP) is 3.95. The number of rotatable bonds is 6. The van der Waals surface area contributed by atoms with Gasteiger partial charge in [-0.3, -0.25) is 9.78 Å². The van der Waals surface area contributed by atoms with Crippen molar-refractivity contribution in [3.8, 4) is 5.69 Å². The summed E-state index contributed by atoms with van der Waals surface area (Å²) in [7, 11) is 0. The van der Waals surface area contributed by atoms with E-state index in [9.17, 15) is 4.79 Å². The summed E-state index contributed by atoms with van der Waals surface area (Å²) in [6.45, 7) is 0.555. The van der Waals surface area contributed by atoms with Crippen molar-refractivity contribution in [2.45, 2.75) is 6.54 Å². The second-order valence-electron chi connectivity index (χ2n) is 6.08. The number of hydrogen-bond donors (Lipinski definition) is 2. The standard InChI is InChI=1S/C21H18N6O.ClH/c28-21(26-17-3-5-18(6-4-17)27-13-12-23-15-27)19-2-1-9-24-20(19)25-14-16-7-10-22-11-8-16;/h1-13,15H,14H2,(H,24,25)(H,26,28);1H. The van der Waals surface area contributed by atoms with Gasteiger partial charge in [-0.25, -0.2) is 9.97 Å². The molecule has 2 N–H and O–H groups in total. The van der Waals surface area contributed by atoms with Gasteiger partial charge in [-0.15, -0.1) is 12.4 Å². The number of amides is 1. The van der Waals surface area contributed by atoms with Gasteiger partial charge in [-0.2, -0.15) is 0 Å². The van der Waals surface area contributed by atoms with Crippen molar-refractivity contribution in [3.63, 3.8) is 0 Å². The highest BCUT2D eigenvalue weighted by molar-refractivity contribution is 6.07. The second kappa shape index (κ2) is 9.48. The van der Waals surface area contributed by atoms with E-state index in [1.165, 1.54) is 0 Å². The second-order valence-corrected chi connectivity index (χ2v) is 6.08. The van der Waals surface area contributed by atoms with E-state index in [-0.39, 0.29) is 18.3 Å². The fourth-order valence-corrected chi connectivity index (χ4v) is 2.74. The van der Waals surface area contributed by atoms with Gasteiger partial charge < -0.3 is 15.2 Å². The van der Waals surface area contributed by atoms with Crippen LogP contribution < -0.4 is 10.6 Å². The van der Waals surface area contributed by atoms with Crippen LogP contribution in [0, 0.1) is 0 Å².